The van der Waals surface area contributed by atoms with E-state index in [2.05, 4.69) is 34.5 Å². The molecule has 0 bridgehead atoms. The van der Waals surface area contributed by atoms with Crippen molar-refractivity contribution in [2.45, 2.75) is 18.6 Å². The second-order valence-electron chi connectivity index (χ2n) is 6.88. The van der Waals surface area contributed by atoms with Crippen molar-refractivity contribution >= 4 is 0 Å². The molecule has 0 unspecified atom stereocenters. The number of fused-ring (bicyclic) bond motifs is 1. The summed E-state index contributed by atoms with van der Waals surface area (Å²) in [4.78, 5) is 2.44. The number of benzene rings is 2. The van der Waals surface area contributed by atoms with Crippen LogP contribution in [0.1, 0.15) is 22.7 Å². The molecule has 0 saturated carbocycles. The van der Waals surface area contributed by atoms with Gasteiger partial charge in [0.25, 0.3) is 0 Å². The number of nitrogens with zero attached hydrogens (tertiary/aromatic N) is 1. The minimum atomic E-state index is -0.281. The Labute approximate surface area is 142 Å². The van der Waals surface area contributed by atoms with Gasteiger partial charge in [0.05, 0.1) is 12.1 Å². The van der Waals surface area contributed by atoms with Gasteiger partial charge in [-0.05, 0) is 35.2 Å². The van der Waals surface area contributed by atoms with Gasteiger partial charge < -0.3 is 10.4 Å². The summed E-state index contributed by atoms with van der Waals surface area (Å²) in [6, 6.07) is 15.5. The fourth-order valence-corrected chi connectivity index (χ4v) is 4.06. The smallest absolute Gasteiger partial charge is 0.123 e. The molecule has 3 nitrogen and oxygen atoms in total. The molecule has 3 atom stereocenters. The van der Waals surface area contributed by atoms with Crippen LogP contribution in [0, 0.1) is 11.7 Å². The van der Waals surface area contributed by atoms with Crippen LogP contribution < -0.4 is 5.32 Å². The standard InChI is InChI=1S/C20H23FN2O/c21-17-7-5-15(6-8-17)20-18-4-2-1-3-14(18)9-10-23(20)13-16-11-22-12-19(16)24/h1-8,16,19-20,22,24H,9-13H2/t16-,19-,20-/m0/s1. The van der Waals surface area contributed by atoms with Gasteiger partial charge in [0.2, 0.25) is 0 Å². The molecule has 1 saturated heterocycles. The summed E-state index contributed by atoms with van der Waals surface area (Å²) in [6.07, 6.45) is 0.737. The molecule has 24 heavy (non-hydrogen) atoms. The van der Waals surface area contributed by atoms with Crippen LogP contribution in [-0.2, 0) is 6.42 Å². The third-order valence-electron chi connectivity index (χ3n) is 5.34. The monoisotopic (exact) mass is 326 g/mol. The molecule has 0 amide bonds. The summed E-state index contributed by atoms with van der Waals surface area (Å²) in [5, 5.41) is 13.4. The summed E-state index contributed by atoms with van der Waals surface area (Å²) in [6.45, 7) is 3.35. The van der Waals surface area contributed by atoms with Gasteiger partial charge >= 0.3 is 0 Å². The fourth-order valence-electron chi connectivity index (χ4n) is 4.06. The molecule has 2 aromatic carbocycles. The van der Waals surface area contributed by atoms with Gasteiger partial charge in [0.15, 0.2) is 0 Å². The van der Waals surface area contributed by atoms with Gasteiger partial charge in [-0.1, -0.05) is 36.4 Å². The number of hydrogen-bond acceptors (Lipinski definition) is 3. The van der Waals surface area contributed by atoms with Crippen molar-refractivity contribution in [3.8, 4) is 0 Å². The number of halogens is 1. The highest BCUT2D eigenvalue weighted by molar-refractivity contribution is 5.39. The van der Waals surface area contributed by atoms with Gasteiger partial charge in [-0.2, -0.15) is 0 Å². The first kappa shape index (κ1) is 15.8. The fraction of sp³-hybridized carbons (Fsp3) is 0.400. The van der Waals surface area contributed by atoms with Crippen LogP contribution in [0.15, 0.2) is 48.5 Å². The van der Waals surface area contributed by atoms with Gasteiger partial charge in [-0.15, -0.1) is 0 Å². The summed E-state index contributed by atoms with van der Waals surface area (Å²) in [5.41, 5.74) is 3.79. The van der Waals surface area contributed by atoms with Crippen LogP contribution in [0.2, 0.25) is 0 Å². The molecule has 126 valence electrons. The lowest BCUT2D eigenvalue weighted by Gasteiger charge is -2.39. The summed E-state index contributed by atoms with van der Waals surface area (Å²) >= 11 is 0. The van der Waals surface area contributed by atoms with E-state index in [1.54, 1.807) is 0 Å². The molecule has 2 aliphatic heterocycles. The number of nitrogens with one attached hydrogen (secondary N) is 1. The molecular weight excluding hydrogens is 303 g/mol. The maximum absolute atomic E-state index is 13.4. The largest absolute Gasteiger partial charge is 0.391 e. The molecular formula is C20H23FN2O. The Morgan fingerprint density at radius 3 is 2.62 bits per heavy atom. The number of β-amino-alcohol motifs (C(OH)–C–C–N with tert-alkyl or cyclic N) is 1. The molecule has 0 aromatic heterocycles. The van der Waals surface area contributed by atoms with Crippen LogP contribution in [0.4, 0.5) is 4.39 Å². The first-order valence-electron chi connectivity index (χ1n) is 8.68. The number of aliphatic hydroxyl groups excluding tert-OH is 1. The lowest BCUT2D eigenvalue weighted by molar-refractivity contribution is 0.100. The van der Waals surface area contributed by atoms with E-state index in [4.69, 9.17) is 0 Å². The van der Waals surface area contributed by atoms with E-state index in [-0.39, 0.29) is 23.9 Å². The van der Waals surface area contributed by atoms with Crippen molar-refractivity contribution in [1.82, 2.24) is 10.2 Å². The van der Waals surface area contributed by atoms with E-state index in [9.17, 15) is 9.50 Å². The van der Waals surface area contributed by atoms with Crippen molar-refractivity contribution in [1.29, 1.82) is 0 Å². The van der Waals surface area contributed by atoms with E-state index >= 15 is 0 Å². The van der Waals surface area contributed by atoms with Gasteiger partial charge in [-0.3, -0.25) is 4.90 Å². The predicted molar refractivity (Wildman–Crippen MR) is 92.3 cm³/mol. The Kier molecular flexibility index (Phi) is 4.35. The van der Waals surface area contributed by atoms with E-state index < -0.39 is 0 Å². The van der Waals surface area contributed by atoms with E-state index in [1.165, 1.54) is 23.3 Å². The normalized spacial score (nSPS) is 27.2. The molecule has 0 aliphatic carbocycles. The Balaban J connectivity index is 1.68. The molecule has 0 radical (unpaired) electrons. The van der Waals surface area contributed by atoms with Crippen LogP contribution >= 0.6 is 0 Å². The molecule has 2 heterocycles. The minimum absolute atomic E-state index is 0.128. The molecule has 2 aliphatic rings. The van der Waals surface area contributed by atoms with Crippen LogP contribution in [-0.4, -0.2) is 42.3 Å². The highest BCUT2D eigenvalue weighted by Gasteiger charge is 2.33. The average molecular weight is 326 g/mol. The summed E-state index contributed by atoms with van der Waals surface area (Å²) in [7, 11) is 0. The first-order chi connectivity index (χ1) is 11.7. The maximum atomic E-state index is 13.4. The molecule has 4 rings (SSSR count). The number of aliphatic hydroxyl groups is 1. The van der Waals surface area contributed by atoms with Crippen LogP contribution in [0.3, 0.4) is 0 Å². The van der Waals surface area contributed by atoms with Gasteiger partial charge in [-0.25, -0.2) is 4.39 Å². The molecule has 0 spiro atoms. The Hall–Kier alpha value is -1.75. The van der Waals surface area contributed by atoms with Crippen molar-refractivity contribution in [3.63, 3.8) is 0 Å². The van der Waals surface area contributed by atoms with Crippen molar-refractivity contribution in [2.75, 3.05) is 26.2 Å². The summed E-state index contributed by atoms with van der Waals surface area (Å²) in [5.74, 6) is 0.0445. The van der Waals surface area contributed by atoms with Crippen LogP contribution in [0.5, 0.6) is 0 Å². The Morgan fingerprint density at radius 1 is 1.08 bits per heavy atom. The number of rotatable bonds is 3. The predicted octanol–water partition coefficient (Wildman–Crippen LogP) is 2.35. The van der Waals surface area contributed by atoms with Crippen LogP contribution in [0.25, 0.3) is 0 Å². The third kappa shape index (κ3) is 2.97. The van der Waals surface area contributed by atoms with E-state index in [1.807, 2.05) is 12.1 Å². The second-order valence-corrected chi connectivity index (χ2v) is 6.88. The first-order valence-corrected chi connectivity index (χ1v) is 8.68. The third-order valence-corrected chi connectivity index (χ3v) is 5.34. The SMILES string of the molecule is O[C@H]1CNC[C@H]1CN1CCc2ccccc2[C@@H]1c1ccc(F)cc1. The highest BCUT2D eigenvalue weighted by Crippen LogP contribution is 2.36. The molecule has 2 aromatic rings. The molecule has 2 N–H and O–H groups in total. The zero-order valence-electron chi connectivity index (χ0n) is 13.7. The highest BCUT2D eigenvalue weighted by atomic mass is 19.1. The van der Waals surface area contributed by atoms with Crippen molar-refractivity contribution < 1.29 is 9.50 Å². The topological polar surface area (TPSA) is 35.5 Å². The van der Waals surface area contributed by atoms with Crippen molar-refractivity contribution in [3.05, 3.63) is 71.0 Å². The Bertz CT molecular complexity index is 703. The van der Waals surface area contributed by atoms with Gasteiger partial charge in [0, 0.05) is 32.1 Å². The maximum Gasteiger partial charge on any atom is 0.123 e. The molecule has 4 heteroatoms. The van der Waals surface area contributed by atoms with E-state index in [0.717, 1.165) is 31.6 Å². The minimum Gasteiger partial charge on any atom is -0.391 e. The quantitative estimate of drug-likeness (QED) is 0.909. The second kappa shape index (κ2) is 6.63. The van der Waals surface area contributed by atoms with Gasteiger partial charge in [0.1, 0.15) is 5.82 Å². The van der Waals surface area contributed by atoms with E-state index in [0.29, 0.717) is 6.54 Å². The lowest BCUT2D eigenvalue weighted by Crippen LogP contribution is -2.41. The Morgan fingerprint density at radius 2 is 1.88 bits per heavy atom. The zero-order valence-corrected chi connectivity index (χ0v) is 13.7. The zero-order chi connectivity index (χ0) is 16.5. The molecule has 1 fully saturated rings. The lowest BCUT2D eigenvalue weighted by atomic mass is 9.87. The van der Waals surface area contributed by atoms with Crippen molar-refractivity contribution in [2.24, 2.45) is 5.92 Å². The summed E-state index contributed by atoms with van der Waals surface area (Å²) < 4.78 is 13.4. The average Bonchev–Trinajstić information content (AvgIpc) is 3.01. The number of hydrogen-bond donors (Lipinski definition) is 2.